The van der Waals surface area contributed by atoms with Gasteiger partial charge >= 0.3 is 5.97 Å². The number of carbonyl (C=O) groups is 1. The summed E-state index contributed by atoms with van der Waals surface area (Å²) in [6, 6.07) is 0. The van der Waals surface area contributed by atoms with Gasteiger partial charge < -0.3 is 4.74 Å². The van der Waals surface area contributed by atoms with Crippen molar-refractivity contribution in [3.63, 3.8) is 0 Å². The molecule has 0 aromatic carbocycles. The van der Waals surface area contributed by atoms with Gasteiger partial charge in [0.05, 0.1) is 12.8 Å². The van der Waals surface area contributed by atoms with Gasteiger partial charge in [-0.3, -0.25) is 4.68 Å². The molecular weight excluding hydrogens is 192 g/mol. The maximum absolute atomic E-state index is 11.2. The van der Waals surface area contributed by atoms with Gasteiger partial charge in [0.25, 0.3) is 0 Å². The normalized spacial score (nSPS) is 10.2. The summed E-state index contributed by atoms with van der Waals surface area (Å²) in [7, 11) is 1.32. The van der Waals surface area contributed by atoms with Crippen molar-refractivity contribution in [1.82, 2.24) is 9.78 Å². The molecule has 0 N–H and O–H groups in total. The van der Waals surface area contributed by atoms with E-state index in [9.17, 15) is 4.79 Å². The van der Waals surface area contributed by atoms with Crippen LogP contribution >= 0.6 is 11.6 Å². The molecule has 0 saturated heterocycles. The number of aromatic nitrogens is 2. The Morgan fingerprint density at radius 1 is 1.69 bits per heavy atom. The Balaban J connectivity index is 3.20. The number of halogens is 1. The third kappa shape index (κ3) is 1.67. The first-order valence-electron chi connectivity index (χ1n) is 3.93. The summed E-state index contributed by atoms with van der Waals surface area (Å²) in [5, 5.41) is 4.42. The predicted molar refractivity (Wildman–Crippen MR) is 49.0 cm³/mol. The number of methoxy groups -OCH3 is 1. The Morgan fingerprint density at radius 3 is 2.69 bits per heavy atom. The SMILES string of the molecule is CCn1nc(C)c(C(=O)OC)c1Cl. The zero-order chi connectivity index (χ0) is 10.0. The van der Waals surface area contributed by atoms with E-state index in [-0.39, 0.29) is 0 Å². The molecule has 1 rings (SSSR count). The second-order valence-corrected chi connectivity index (χ2v) is 2.92. The van der Waals surface area contributed by atoms with E-state index in [0.717, 1.165) is 0 Å². The fourth-order valence-electron chi connectivity index (χ4n) is 1.10. The highest BCUT2D eigenvalue weighted by Gasteiger charge is 2.19. The van der Waals surface area contributed by atoms with Crippen molar-refractivity contribution in [2.75, 3.05) is 7.11 Å². The van der Waals surface area contributed by atoms with Crippen molar-refractivity contribution in [2.45, 2.75) is 20.4 Å². The molecule has 0 amide bonds. The third-order valence-corrected chi connectivity index (χ3v) is 2.14. The van der Waals surface area contributed by atoms with Gasteiger partial charge in [0.2, 0.25) is 0 Å². The third-order valence-electron chi connectivity index (χ3n) is 1.75. The van der Waals surface area contributed by atoms with Gasteiger partial charge in [-0.05, 0) is 13.8 Å². The lowest BCUT2D eigenvalue weighted by atomic mass is 10.3. The van der Waals surface area contributed by atoms with Crippen LogP contribution in [0.1, 0.15) is 23.0 Å². The maximum Gasteiger partial charge on any atom is 0.342 e. The first-order valence-corrected chi connectivity index (χ1v) is 4.30. The summed E-state index contributed by atoms with van der Waals surface area (Å²) < 4.78 is 6.14. The highest BCUT2D eigenvalue weighted by Crippen LogP contribution is 2.20. The molecule has 0 fully saturated rings. The molecule has 0 saturated carbocycles. The molecule has 72 valence electrons. The minimum atomic E-state index is -0.442. The van der Waals surface area contributed by atoms with E-state index in [0.29, 0.717) is 23.0 Å². The summed E-state index contributed by atoms with van der Waals surface area (Å²) in [5.41, 5.74) is 0.949. The highest BCUT2D eigenvalue weighted by atomic mass is 35.5. The van der Waals surface area contributed by atoms with Crippen LogP contribution in [0.25, 0.3) is 0 Å². The minimum absolute atomic E-state index is 0.340. The average molecular weight is 203 g/mol. The first kappa shape index (κ1) is 10.1. The number of aryl methyl sites for hydroxylation is 2. The zero-order valence-corrected chi connectivity index (χ0v) is 8.55. The number of hydrogen-bond donors (Lipinski definition) is 0. The standard InChI is InChI=1S/C8H11ClN2O2/c1-4-11-7(9)6(5(2)10-11)8(12)13-3/h4H2,1-3H3. The summed E-state index contributed by atoms with van der Waals surface area (Å²) >= 11 is 5.90. The zero-order valence-electron chi connectivity index (χ0n) is 7.80. The van der Waals surface area contributed by atoms with Crippen molar-refractivity contribution < 1.29 is 9.53 Å². The molecule has 1 aromatic rings. The molecule has 0 radical (unpaired) electrons. The summed E-state index contributed by atoms with van der Waals surface area (Å²) in [6.07, 6.45) is 0. The fraction of sp³-hybridized carbons (Fsp3) is 0.500. The van der Waals surface area contributed by atoms with Gasteiger partial charge in [-0.15, -0.1) is 0 Å². The van der Waals surface area contributed by atoms with Crippen molar-refractivity contribution >= 4 is 17.6 Å². The quantitative estimate of drug-likeness (QED) is 0.685. The minimum Gasteiger partial charge on any atom is -0.465 e. The molecule has 0 bridgehead atoms. The molecule has 0 spiro atoms. The molecule has 0 aliphatic heterocycles. The molecule has 1 heterocycles. The monoisotopic (exact) mass is 202 g/mol. The lowest BCUT2D eigenvalue weighted by molar-refractivity contribution is 0.0600. The summed E-state index contributed by atoms with van der Waals surface area (Å²) in [4.78, 5) is 11.2. The van der Waals surface area contributed by atoms with Gasteiger partial charge in [-0.25, -0.2) is 4.79 Å². The maximum atomic E-state index is 11.2. The van der Waals surface area contributed by atoms with Gasteiger partial charge in [0, 0.05) is 6.54 Å². The largest absolute Gasteiger partial charge is 0.465 e. The number of esters is 1. The number of rotatable bonds is 2. The van der Waals surface area contributed by atoms with Crippen molar-refractivity contribution in [3.05, 3.63) is 16.4 Å². The second-order valence-electron chi connectivity index (χ2n) is 2.56. The van der Waals surface area contributed by atoms with E-state index in [4.69, 9.17) is 11.6 Å². The van der Waals surface area contributed by atoms with Crippen LogP contribution in [0.15, 0.2) is 0 Å². The van der Waals surface area contributed by atoms with E-state index in [1.165, 1.54) is 7.11 Å². The fourth-order valence-corrected chi connectivity index (χ4v) is 1.47. The molecule has 0 unspecified atom stereocenters. The molecule has 1 aromatic heterocycles. The molecule has 0 atom stereocenters. The van der Waals surface area contributed by atoms with E-state index in [1.54, 1.807) is 11.6 Å². The lowest BCUT2D eigenvalue weighted by Crippen LogP contribution is -2.03. The Hall–Kier alpha value is -1.03. The lowest BCUT2D eigenvalue weighted by Gasteiger charge is -1.98. The number of ether oxygens (including phenoxy) is 1. The van der Waals surface area contributed by atoms with Crippen molar-refractivity contribution in [3.8, 4) is 0 Å². The molecule has 5 heteroatoms. The van der Waals surface area contributed by atoms with E-state index < -0.39 is 5.97 Å². The van der Waals surface area contributed by atoms with Crippen LogP contribution in [-0.4, -0.2) is 22.9 Å². The van der Waals surface area contributed by atoms with Gasteiger partial charge in [-0.2, -0.15) is 5.10 Å². The van der Waals surface area contributed by atoms with Crippen LogP contribution < -0.4 is 0 Å². The number of hydrogen-bond acceptors (Lipinski definition) is 3. The Morgan fingerprint density at radius 2 is 2.31 bits per heavy atom. The number of carbonyl (C=O) groups excluding carboxylic acids is 1. The van der Waals surface area contributed by atoms with Crippen LogP contribution in [0.5, 0.6) is 0 Å². The number of nitrogens with zero attached hydrogens (tertiary/aromatic N) is 2. The second kappa shape index (κ2) is 3.79. The van der Waals surface area contributed by atoms with Crippen LogP contribution in [0.2, 0.25) is 5.15 Å². The predicted octanol–water partition coefficient (Wildman–Crippen LogP) is 1.65. The van der Waals surface area contributed by atoms with Gasteiger partial charge in [-0.1, -0.05) is 11.6 Å². The molecule has 0 aliphatic rings. The van der Waals surface area contributed by atoms with Crippen LogP contribution in [0.4, 0.5) is 0 Å². The topological polar surface area (TPSA) is 44.1 Å². The molecular formula is C8H11ClN2O2. The smallest absolute Gasteiger partial charge is 0.342 e. The Bertz CT molecular complexity index is 333. The van der Waals surface area contributed by atoms with E-state index >= 15 is 0 Å². The van der Waals surface area contributed by atoms with Crippen LogP contribution in [-0.2, 0) is 11.3 Å². The average Bonchev–Trinajstić information content (AvgIpc) is 2.40. The summed E-state index contributed by atoms with van der Waals surface area (Å²) in [6.45, 7) is 4.26. The Labute approximate surface area is 81.4 Å². The van der Waals surface area contributed by atoms with Crippen LogP contribution in [0.3, 0.4) is 0 Å². The van der Waals surface area contributed by atoms with E-state index in [2.05, 4.69) is 9.84 Å². The first-order chi connectivity index (χ1) is 6.11. The molecule has 4 nitrogen and oxygen atoms in total. The Kier molecular flexibility index (Phi) is 2.93. The van der Waals surface area contributed by atoms with Crippen molar-refractivity contribution in [2.24, 2.45) is 0 Å². The van der Waals surface area contributed by atoms with Crippen molar-refractivity contribution in [1.29, 1.82) is 0 Å². The van der Waals surface area contributed by atoms with Gasteiger partial charge in [0.15, 0.2) is 0 Å². The van der Waals surface area contributed by atoms with E-state index in [1.807, 2.05) is 6.92 Å². The molecule has 0 aliphatic carbocycles. The highest BCUT2D eigenvalue weighted by molar-refractivity contribution is 6.32. The molecule has 13 heavy (non-hydrogen) atoms. The van der Waals surface area contributed by atoms with Crippen LogP contribution in [0, 0.1) is 6.92 Å². The van der Waals surface area contributed by atoms with Gasteiger partial charge in [0.1, 0.15) is 10.7 Å². The summed E-state index contributed by atoms with van der Waals surface area (Å²) in [5.74, 6) is -0.442.